The molecule has 0 atom stereocenters. The molecule has 1 aromatic carbocycles. The van der Waals surface area contributed by atoms with Crippen molar-refractivity contribution in [3.63, 3.8) is 0 Å². The van der Waals surface area contributed by atoms with Gasteiger partial charge < -0.3 is 0 Å². The smallest absolute Gasteiger partial charge is 0.240 e. The summed E-state index contributed by atoms with van der Waals surface area (Å²) < 4.78 is 26.2. The Morgan fingerprint density at radius 3 is 2.15 bits per heavy atom. The van der Waals surface area contributed by atoms with E-state index in [2.05, 4.69) is 4.72 Å². The molecule has 0 aliphatic carbocycles. The molecule has 1 aliphatic rings. The molecule has 0 bridgehead atoms. The maximum atomic E-state index is 11.9. The minimum atomic E-state index is -3.53. The third kappa shape index (κ3) is 2.88. The monoisotopic (exact) mass is 296 g/mol. The normalized spacial score (nSPS) is 15.9. The van der Waals surface area contributed by atoms with Gasteiger partial charge in [-0.2, -0.15) is 0 Å². The minimum Gasteiger partial charge on any atom is -0.274 e. The zero-order valence-electron chi connectivity index (χ0n) is 11.1. The first kappa shape index (κ1) is 14.7. The second kappa shape index (κ2) is 5.72. The third-order valence-electron chi connectivity index (χ3n) is 3.00. The lowest BCUT2D eigenvalue weighted by Crippen LogP contribution is -2.28. The van der Waals surface area contributed by atoms with E-state index in [-0.39, 0.29) is 29.6 Å². The van der Waals surface area contributed by atoms with Crippen LogP contribution in [0.1, 0.15) is 26.2 Å². The van der Waals surface area contributed by atoms with E-state index in [9.17, 15) is 18.0 Å². The summed E-state index contributed by atoms with van der Waals surface area (Å²) >= 11 is 0. The van der Waals surface area contributed by atoms with E-state index in [0.29, 0.717) is 18.7 Å². The number of sulfonamides is 1. The maximum absolute atomic E-state index is 11.9. The molecule has 1 fully saturated rings. The van der Waals surface area contributed by atoms with E-state index in [1.54, 1.807) is 0 Å². The first-order chi connectivity index (χ1) is 9.45. The van der Waals surface area contributed by atoms with E-state index < -0.39 is 10.0 Å². The molecule has 1 aliphatic heterocycles. The highest BCUT2D eigenvalue weighted by molar-refractivity contribution is 7.89. The molecule has 1 saturated heterocycles. The van der Waals surface area contributed by atoms with Gasteiger partial charge in [-0.3, -0.25) is 14.5 Å². The van der Waals surface area contributed by atoms with Gasteiger partial charge in [-0.05, 0) is 30.7 Å². The summed E-state index contributed by atoms with van der Waals surface area (Å²) in [5, 5.41) is 0. The van der Waals surface area contributed by atoms with Gasteiger partial charge in [-0.15, -0.1) is 0 Å². The van der Waals surface area contributed by atoms with Gasteiger partial charge in [0.25, 0.3) is 0 Å². The zero-order valence-corrected chi connectivity index (χ0v) is 11.9. The van der Waals surface area contributed by atoms with Gasteiger partial charge in [0.05, 0.1) is 10.6 Å². The van der Waals surface area contributed by atoms with Gasteiger partial charge in [0.1, 0.15) is 0 Å². The Hall–Kier alpha value is -1.73. The molecule has 0 spiro atoms. The second-order valence-electron chi connectivity index (χ2n) is 4.51. The molecule has 108 valence electrons. The number of nitrogens with zero attached hydrogens (tertiary/aromatic N) is 1. The highest BCUT2D eigenvalue weighted by atomic mass is 32.2. The van der Waals surface area contributed by atoms with Gasteiger partial charge in [-0.25, -0.2) is 13.1 Å². The van der Waals surface area contributed by atoms with Gasteiger partial charge in [0, 0.05) is 19.4 Å². The average molecular weight is 296 g/mol. The van der Waals surface area contributed by atoms with Gasteiger partial charge in [0.2, 0.25) is 21.8 Å². The number of carbonyl (C=O) groups excluding carboxylic acids is 2. The molecule has 2 amide bonds. The van der Waals surface area contributed by atoms with Crippen molar-refractivity contribution in [2.75, 3.05) is 11.4 Å². The quantitative estimate of drug-likeness (QED) is 0.823. The lowest BCUT2D eigenvalue weighted by molar-refractivity contribution is -0.121. The average Bonchev–Trinajstić information content (AvgIpc) is 2.76. The molecule has 0 unspecified atom stereocenters. The fraction of sp³-hybridized carbons (Fsp3) is 0.385. The van der Waals surface area contributed by atoms with Gasteiger partial charge >= 0.3 is 0 Å². The van der Waals surface area contributed by atoms with Crippen LogP contribution in [0.4, 0.5) is 5.69 Å². The number of benzene rings is 1. The van der Waals surface area contributed by atoms with Crippen molar-refractivity contribution in [2.45, 2.75) is 31.1 Å². The predicted molar refractivity (Wildman–Crippen MR) is 73.6 cm³/mol. The van der Waals surface area contributed by atoms with Crippen molar-refractivity contribution < 1.29 is 18.0 Å². The number of hydrogen-bond donors (Lipinski definition) is 1. The van der Waals surface area contributed by atoms with Crippen molar-refractivity contribution in [3.8, 4) is 0 Å². The minimum absolute atomic E-state index is 0.119. The van der Waals surface area contributed by atoms with Crippen LogP contribution in [0.3, 0.4) is 0 Å². The highest BCUT2D eigenvalue weighted by Crippen LogP contribution is 2.23. The van der Waals surface area contributed by atoms with Crippen molar-refractivity contribution in [3.05, 3.63) is 24.3 Å². The van der Waals surface area contributed by atoms with Crippen molar-refractivity contribution in [1.29, 1.82) is 0 Å². The molecule has 2 rings (SSSR count). The van der Waals surface area contributed by atoms with Crippen LogP contribution in [-0.2, 0) is 19.6 Å². The fourth-order valence-electron chi connectivity index (χ4n) is 1.96. The summed E-state index contributed by atoms with van der Waals surface area (Å²) in [6.07, 6.45) is 1.11. The molecule has 1 N–H and O–H groups in total. The Morgan fingerprint density at radius 2 is 1.65 bits per heavy atom. The van der Waals surface area contributed by atoms with Crippen LogP contribution in [-0.4, -0.2) is 26.8 Å². The zero-order chi connectivity index (χ0) is 14.8. The van der Waals surface area contributed by atoms with E-state index in [4.69, 9.17) is 0 Å². The Bertz CT molecular complexity index is 606. The van der Waals surface area contributed by atoms with Gasteiger partial charge in [-0.1, -0.05) is 6.92 Å². The third-order valence-corrected chi connectivity index (χ3v) is 4.48. The van der Waals surface area contributed by atoms with E-state index >= 15 is 0 Å². The number of nitrogens with one attached hydrogen (secondary N) is 1. The molecule has 0 aromatic heterocycles. The van der Waals surface area contributed by atoms with Crippen molar-refractivity contribution in [1.82, 2.24) is 4.72 Å². The Balaban J connectivity index is 2.22. The topological polar surface area (TPSA) is 83.6 Å². The molecule has 0 radical (unpaired) electrons. The number of anilines is 1. The van der Waals surface area contributed by atoms with Crippen LogP contribution in [0.5, 0.6) is 0 Å². The molecular formula is C13H16N2O4S. The van der Waals surface area contributed by atoms with Crippen LogP contribution in [0.15, 0.2) is 29.2 Å². The largest absolute Gasteiger partial charge is 0.274 e. The van der Waals surface area contributed by atoms with E-state index in [1.165, 1.54) is 24.3 Å². The molecule has 0 saturated carbocycles. The number of carbonyl (C=O) groups is 2. The summed E-state index contributed by atoms with van der Waals surface area (Å²) in [5.41, 5.74) is 0.409. The number of amides is 2. The van der Waals surface area contributed by atoms with Crippen LogP contribution in [0, 0.1) is 0 Å². The fourth-order valence-corrected chi connectivity index (χ4v) is 3.09. The van der Waals surface area contributed by atoms with Crippen LogP contribution in [0.2, 0.25) is 0 Å². The number of rotatable bonds is 5. The molecular weight excluding hydrogens is 280 g/mol. The first-order valence-corrected chi connectivity index (χ1v) is 7.89. The lowest BCUT2D eigenvalue weighted by Gasteiger charge is -2.14. The van der Waals surface area contributed by atoms with E-state index in [0.717, 1.165) is 4.90 Å². The molecule has 6 nitrogen and oxygen atoms in total. The Kier molecular flexibility index (Phi) is 4.20. The van der Waals surface area contributed by atoms with Crippen LogP contribution < -0.4 is 9.62 Å². The van der Waals surface area contributed by atoms with Crippen molar-refractivity contribution >= 4 is 27.5 Å². The van der Waals surface area contributed by atoms with E-state index in [1.807, 2.05) is 6.92 Å². The Labute approximate surface area is 117 Å². The molecule has 20 heavy (non-hydrogen) atoms. The number of imide groups is 1. The second-order valence-corrected chi connectivity index (χ2v) is 6.28. The Morgan fingerprint density at radius 1 is 1.10 bits per heavy atom. The summed E-state index contributed by atoms with van der Waals surface area (Å²) in [6.45, 7) is 2.24. The van der Waals surface area contributed by atoms with Crippen molar-refractivity contribution in [2.24, 2.45) is 0 Å². The van der Waals surface area contributed by atoms with Gasteiger partial charge in [0.15, 0.2) is 0 Å². The predicted octanol–water partition coefficient (Wildman–Crippen LogP) is 1.03. The van der Waals surface area contributed by atoms with Crippen LogP contribution >= 0.6 is 0 Å². The van der Waals surface area contributed by atoms with Crippen LogP contribution in [0.25, 0.3) is 0 Å². The summed E-state index contributed by atoms with van der Waals surface area (Å²) in [6, 6.07) is 5.74. The SMILES string of the molecule is CCCNS(=O)(=O)c1ccc(N2C(=O)CCC2=O)cc1. The molecule has 7 heteroatoms. The summed E-state index contributed by atoms with van der Waals surface area (Å²) in [4.78, 5) is 24.4. The molecule has 1 aromatic rings. The highest BCUT2D eigenvalue weighted by Gasteiger charge is 2.30. The summed E-state index contributed by atoms with van der Waals surface area (Å²) in [5.74, 6) is -0.510. The lowest BCUT2D eigenvalue weighted by atomic mass is 10.3. The summed E-state index contributed by atoms with van der Waals surface area (Å²) in [7, 11) is -3.53. The molecule has 1 heterocycles. The first-order valence-electron chi connectivity index (χ1n) is 6.41. The maximum Gasteiger partial charge on any atom is 0.240 e. The standard InChI is InChI=1S/C13H16N2O4S/c1-2-9-14-20(18,19)11-5-3-10(4-6-11)15-12(16)7-8-13(15)17/h3-6,14H,2,7-9H2,1H3. The number of hydrogen-bond acceptors (Lipinski definition) is 4.